The molecule has 2 aliphatic rings. The average Bonchev–Trinajstić information content (AvgIpc) is 3.24. The Morgan fingerprint density at radius 2 is 1.40 bits per heavy atom. The van der Waals surface area contributed by atoms with Gasteiger partial charge < -0.3 is 27.9 Å². The van der Waals surface area contributed by atoms with E-state index in [1.807, 2.05) is 42.5 Å². The predicted octanol–water partition coefficient (Wildman–Crippen LogP) is 10.4. The topological polar surface area (TPSA) is 77.1 Å². The van der Waals surface area contributed by atoms with E-state index < -0.39 is 13.9 Å². The van der Waals surface area contributed by atoms with E-state index >= 15 is 0 Å². The van der Waals surface area contributed by atoms with Gasteiger partial charge in [0, 0.05) is 31.4 Å². The second-order valence-electron chi connectivity index (χ2n) is 15.5. The zero-order chi connectivity index (χ0) is 35.5. The number of fused-ring (bicyclic) bond motifs is 2. The third kappa shape index (κ3) is 13.1. The average molecular weight is 714 g/mol. The lowest BCUT2D eigenvalue weighted by Gasteiger charge is -2.50. The van der Waals surface area contributed by atoms with Crippen LogP contribution in [-0.4, -0.2) is 50.5 Å². The molecule has 0 aliphatic carbocycles. The quantitative estimate of drug-likeness (QED) is 0.0521. The predicted molar refractivity (Wildman–Crippen MR) is 202 cm³/mol. The summed E-state index contributed by atoms with van der Waals surface area (Å²) in [6.45, 7) is 3.32. The molecule has 0 amide bonds. The number of piperidine rings is 1. The highest BCUT2D eigenvalue weighted by atomic mass is 31.2. The number of nitrogens with zero attached hydrogens (tertiary/aromatic N) is 1. The first-order valence-corrected chi connectivity index (χ1v) is 21.5. The van der Waals surface area contributed by atoms with Crippen LogP contribution in [0, 0.1) is 0 Å². The number of phosphoric acid groups is 1. The van der Waals surface area contributed by atoms with E-state index in [0.717, 1.165) is 34.9 Å². The van der Waals surface area contributed by atoms with Crippen LogP contribution < -0.4 is 4.89 Å². The standard InChI is InChI=1S/C42H68NO6P/c1-4-5-6-7-8-9-10-11-12-13-14-15-16-20-31-46-35-41(47-33-37-23-18-17-19-24-37)36-49-50(44,45)48-34-38-25-21-26-39(32-38)42-29-22-27-40(28-30-42)43(42,2)3/h17-19,21,23-26,32,40-41H,4-16,20,22,27-31,33-36H2,1-3H3. The molecule has 2 aromatic rings. The van der Waals surface area contributed by atoms with Gasteiger partial charge in [0.15, 0.2) is 0 Å². The fraction of sp³-hybridized carbons (Fsp3) is 0.714. The number of hydrogen-bond donors (Lipinski definition) is 0. The SMILES string of the molecule is CCCCCCCCCCCCCCCCOCC(COP(=O)([O-])OCc1cccc(C23CCCC(CC2)[N+]3(C)C)c1)OCc1ccccc1. The van der Waals surface area contributed by atoms with Crippen LogP contribution in [0.4, 0.5) is 0 Å². The Morgan fingerprint density at radius 3 is 2.08 bits per heavy atom. The Labute approximate surface area is 304 Å². The van der Waals surface area contributed by atoms with E-state index in [2.05, 4.69) is 33.2 Å². The van der Waals surface area contributed by atoms with Crippen molar-refractivity contribution in [3.05, 3.63) is 71.3 Å². The molecule has 2 aromatic carbocycles. The summed E-state index contributed by atoms with van der Waals surface area (Å²) in [6, 6.07) is 18.9. The Balaban J connectivity index is 1.14. The maximum Gasteiger partial charge on any atom is 0.268 e. The number of rotatable bonds is 27. The molecule has 2 aliphatic heterocycles. The van der Waals surface area contributed by atoms with Crippen LogP contribution in [0.5, 0.6) is 0 Å². The summed E-state index contributed by atoms with van der Waals surface area (Å²) in [6.07, 6.45) is 24.0. The molecule has 0 N–H and O–H groups in total. The van der Waals surface area contributed by atoms with Gasteiger partial charge in [0.25, 0.3) is 7.82 Å². The summed E-state index contributed by atoms with van der Waals surface area (Å²) in [5.74, 6) is 0. The number of benzene rings is 2. The molecule has 2 bridgehead atoms. The van der Waals surface area contributed by atoms with Gasteiger partial charge in [0.1, 0.15) is 11.6 Å². The lowest BCUT2D eigenvalue weighted by molar-refractivity contribution is -0.963. The van der Waals surface area contributed by atoms with E-state index in [1.165, 1.54) is 108 Å². The summed E-state index contributed by atoms with van der Waals surface area (Å²) in [5.41, 5.74) is 3.24. The van der Waals surface area contributed by atoms with Crippen LogP contribution in [0.3, 0.4) is 0 Å². The van der Waals surface area contributed by atoms with Gasteiger partial charge in [-0.25, -0.2) is 0 Å². The van der Waals surface area contributed by atoms with Crippen molar-refractivity contribution in [1.82, 2.24) is 0 Å². The minimum Gasteiger partial charge on any atom is -0.756 e. The minimum atomic E-state index is -4.56. The highest BCUT2D eigenvalue weighted by molar-refractivity contribution is 7.45. The summed E-state index contributed by atoms with van der Waals surface area (Å²) in [5, 5.41) is 0. The second-order valence-corrected chi connectivity index (χ2v) is 16.9. The van der Waals surface area contributed by atoms with E-state index in [9.17, 15) is 9.46 Å². The smallest absolute Gasteiger partial charge is 0.268 e. The Morgan fingerprint density at radius 1 is 0.760 bits per heavy atom. The third-order valence-electron chi connectivity index (χ3n) is 11.6. The first-order valence-electron chi connectivity index (χ1n) is 20.0. The van der Waals surface area contributed by atoms with E-state index in [1.54, 1.807) is 0 Å². The van der Waals surface area contributed by atoms with E-state index in [0.29, 0.717) is 19.3 Å². The zero-order valence-electron chi connectivity index (χ0n) is 31.7. The van der Waals surface area contributed by atoms with E-state index in [-0.39, 0.29) is 25.4 Å². The summed E-state index contributed by atoms with van der Waals surface area (Å²) >= 11 is 0. The molecular weight excluding hydrogens is 645 g/mol. The molecule has 0 saturated carbocycles. The Bertz CT molecular complexity index is 1250. The van der Waals surface area contributed by atoms with Crippen LogP contribution in [0.15, 0.2) is 54.6 Å². The molecule has 50 heavy (non-hydrogen) atoms. The van der Waals surface area contributed by atoms with Gasteiger partial charge in [0.05, 0.1) is 46.6 Å². The van der Waals surface area contributed by atoms with Crippen molar-refractivity contribution in [2.75, 3.05) is 33.9 Å². The van der Waals surface area contributed by atoms with Gasteiger partial charge in [-0.3, -0.25) is 4.57 Å². The molecule has 2 fully saturated rings. The Kier molecular flexibility index (Phi) is 18.0. The van der Waals surface area contributed by atoms with Gasteiger partial charge in [-0.05, 0) is 36.5 Å². The molecule has 4 atom stereocenters. The van der Waals surface area contributed by atoms with Crippen LogP contribution in [0.1, 0.15) is 146 Å². The van der Waals surface area contributed by atoms with Crippen LogP contribution in [-0.2, 0) is 41.8 Å². The second kappa shape index (κ2) is 21.8. The molecule has 2 heterocycles. The highest BCUT2D eigenvalue weighted by Crippen LogP contribution is 2.54. The van der Waals surface area contributed by atoms with Gasteiger partial charge in [-0.1, -0.05) is 139 Å². The minimum absolute atomic E-state index is 0.0489. The maximum absolute atomic E-state index is 12.9. The van der Waals surface area contributed by atoms with Crippen molar-refractivity contribution in [1.29, 1.82) is 0 Å². The molecule has 282 valence electrons. The first-order chi connectivity index (χ1) is 24.3. The molecule has 0 radical (unpaired) electrons. The molecule has 4 rings (SSSR count). The maximum atomic E-state index is 12.9. The summed E-state index contributed by atoms with van der Waals surface area (Å²) in [4.78, 5) is 12.9. The fourth-order valence-corrected chi connectivity index (χ4v) is 9.09. The van der Waals surface area contributed by atoms with Crippen LogP contribution >= 0.6 is 7.82 Å². The van der Waals surface area contributed by atoms with Crippen molar-refractivity contribution in [3.8, 4) is 0 Å². The van der Waals surface area contributed by atoms with Crippen LogP contribution in [0.25, 0.3) is 0 Å². The fourth-order valence-electron chi connectivity index (χ4n) is 8.36. The number of ether oxygens (including phenoxy) is 2. The number of hydrogen-bond acceptors (Lipinski definition) is 6. The molecule has 0 spiro atoms. The van der Waals surface area contributed by atoms with Crippen molar-refractivity contribution in [2.45, 2.75) is 160 Å². The molecule has 8 heteroatoms. The molecule has 7 nitrogen and oxygen atoms in total. The largest absolute Gasteiger partial charge is 0.756 e. The van der Waals surface area contributed by atoms with E-state index in [4.69, 9.17) is 18.5 Å². The Hall–Kier alpha value is -1.57. The lowest BCUT2D eigenvalue weighted by atomic mass is 9.79. The van der Waals surface area contributed by atoms with Gasteiger partial charge in [-0.15, -0.1) is 0 Å². The summed E-state index contributed by atoms with van der Waals surface area (Å²) in [7, 11) is 0.160. The molecule has 2 saturated heterocycles. The number of phosphoric ester groups is 1. The van der Waals surface area contributed by atoms with Crippen LogP contribution in [0.2, 0.25) is 0 Å². The van der Waals surface area contributed by atoms with Crippen molar-refractivity contribution >= 4 is 7.82 Å². The number of quaternary nitrogens is 1. The van der Waals surface area contributed by atoms with Crippen molar-refractivity contribution in [3.63, 3.8) is 0 Å². The van der Waals surface area contributed by atoms with Gasteiger partial charge in [0.2, 0.25) is 0 Å². The molecule has 0 aromatic heterocycles. The monoisotopic (exact) mass is 713 g/mol. The summed E-state index contributed by atoms with van der Waals surface area (Å²) < 4.78 is 36.7. The number of unbranched alkanes of at least 4 members (excludes halogenated alkanes) is 13. The zero-order valence-corrected chi connectivity index (χ0v) is 32.6. The molecular formula is C42H68NO6P. The first kappa shape index (κ1) is 41.2. The molecule has 4 unspecified atom stereocenters. The van der Waals surface area contributed by atoms with Crippen molar-refractivity contribution in [2.24, 2.45) is 0 Å². The normalized spacial score (nSPS) is 21.6. The van der Waals surface area contributed by atoms with Gasteiger partial charge in [-0.2, -0.15) is 0 Å². The van der Waals surface area contributed by atoms with Crippen molar-refractivity contribution < 1.29 is 32.5 Å². The highest BCUT2D eigenvalue weighted by Gasteiger charge is 2.58. The van der Waals surface area contributed by atoms with Gasteiger partial charge >= 0.3 is 0 Å². The third-order valence-corrected chi connectivity index (χ3v) is 12.5. The lowest BCUT2D eigenvalue weighted by Crippen LogP contribution is -2.59.